The van der Waals surface area contributed by atoms with E-state index in [-0.39, 0.29) is 6.04 Å². The van der Waals surface area contributed by atoms with E-state index in [2.05, 4.69) is 69.3 Å². The van der Waals surface area contributed by atoms with Crippen LogP contribution in [0.25, 0.3) is 0 Å². The quantitative estimate of drug-likeness (QED) is 0.853. The minimum absolute atomic E-state index is 0.0611. The molecule has 19 heavy (non-hydrogen) atoms. The van der Waals surface area contributed by atoms with Crippen LogP contribution in [0.5, 0.6) is 0 Å². The molecular weight excluding hydrogens is 230 g/mol. The first-order chi connectivity index (χ1) is 9.11. The Morgan fingerprint density at radius 2 is 1.47 bits per heavy atom. The van der Waals surface area contributed by atoms with Crippen molar-refractivity contribution in [1.29, 1.82) is 0 Å². The predicted octanol–water partition coefficient (Wildman–Crippen LogP) is 4.50. The van der Waals surface area contributed by atoms with Gasteiger partial charge in [0.25, 0.3) is 0 Å². The summed E-state index contributed by atoms with van der Waals surface area (Å²) in [6.45, 7) is 6.47. The van der Waals surface area contributed by atoms with Crippen LogP contribution >= 0.6 is 0 Å². The second-order valence-corrected chi connectivity index (χ2v) is 5.37. The topological polar surface area (TPSA) is 26.0 Å². The lowest BCUT2D eigenvalue weighted by Crippen LogP contribution is -2.19. The third-order valence-corrected chi connectivity index (χ3v) is 3.73. The molecule has 0 aliphatic carbocycles. The fourth-order valence-corrected chi connectivity index (χ4v) is 2.83. The Labute approximate surface area is 116 Å². The number of hydrogen-bond acceptors (Lipinski definition) is 1. The van der Waals surface area contributed by atoms with E-state index in [0.29, 0.717) is 5.92 Å². The average molecular weight is 253 g/mol. The molecule has 0 fully saturated rings. The van der Waals surface area contributed by atoms with Crippen molar-refractivity contribution < 1.29 is 0 Å². The van der Waals surface area contributed by atoms with Gasteiger partial charge in [-0.3, -0.25) is 0 Å². The fourth-order valence-electron chi connectivity index (χ4n) is 2.83. The minimum Gasteiger partial charge on any atom is -0.323 e. The van der Waals surface area contributed by atoms with Crippen LogP contribution in [0.15, 0.2) is 48.5 Å². The average Bonchev–Trinajstić information content (AvgIpc) is 2.39. The van der Waals surface area contributed by atoms with Crippen LogP contribution in [0.1, 0.15) is 47.6 Å². The molecule has 0 aliphatic rings. The molecule has 0 saturated heterocycles. The second kappa shape index (κ2) is 6.03. The molecule has 0 saturated carbocycles. The van der Waals surface area contributed by atoms with Crippen molar-refractivity contribution in [2.75, 3.05) is 0 Å². The molecular formula is C18H23N. The summed E-state index contributed by atoms with van der Waals surface area (Å²) in [7, 11) is 0. The van der Waals surface area contributed by atoms with E-state index in [1.165, 1.54) is 22.3 Å². The van der Waals surface area contributed by atoms with Crippen molar-refractivity contribution in [3.8, 4) is 0 Å². The van der Waals surface area contributed by atoms with Gasteiger partial charge in [-0.15, -0.1) is 0 Å². The third kappa shape index (κ3) is 3.24. The molecule has 2 rings (SSSR count). The molecule has 0 amide bonds. The van der Waals surface area contributed by atoms with Crippen LogP contribution < -0.4 is 5.73 Å². The highest BCUT2D eigenvalue weighted by Gasteiger charge is 2.19. The number of benzene rings is 2. The van der Waals surface area contributed by atoms with Gasteiger partial charge in [0.05, 0.1) is 0 Å². The molecule has 2 unspecified atom stereocenters. The van der Waals surface area contributed by atoms with E-state index in [9.17, 15) is 0 Å². The highest BCUT2D eigenvalue weighted by Crippen LogP contribution is 2.32. The number of aryl methyl sites for hydroxylation is 2. The molecule has 0 aliphatic heterocycles. The smallest absolute Gasteiger partial charge is 0.0364 e. The zero-order valence-electron chi connectivity index (χ0n) is 12.1. The lowest BCUT2D eigenvalue weighted by Gasteiger charge is -2.24. The van der Waals surface area contributed by atoms with E-state index in [4.69, 9.17) is 5.73 Å². The highest BCUT2D eigenvalue weighted by molar-refractivity contribution is 5.33. The molecule has 100 valence electrons. The first-order valence-corrected chi connectivity index (χ1v) is 7.00. The highest BCUT2D eigenvalue weighted by atomic mass is 14.7. The molecule has 0 aromatic heterocycles. The molecule has 2 atom stereocenters. The van der Waals surface area contributed by atoms with Gasteiger partial charge < -0.3 is 5.73 Å². The molecule has 1 heteroatoms. The van der Waals surface area contributed by atoms with Gasteiger partial charge in [0, 0.05) is 12.0 Å². The van der Waals surface area contributed by atoms with E-state index in [1.807, 2.05) is 0 Å². The van der Waals surface area contributed by atoms with Crippen LogP contribution in [0.4, 0.5) is 0 Å². The van der Waals surface area contributed by atoms with E-state index >= 15 is 0 Å². The van der Waals surface area contributed by atoms with Crippen LogP contribution in [-0.4, -0.2) is 0 Å². The molecule has 0 radical (unpaired) electrons. The number of hydrogen-bond donors (Lipinski definition) is 1. The summed E-state index contributed by atoms with van der Waals surface area (Å²) in [6.07, 6.45) is 1.05. The van der Waals surface area contributed by atoms with Crippen LogP contribution in [0.3, 0.4) is 0 Å². The Morgan fingerprint density at radius 1 is 0.895 bits per heavy atom. The zero-order chi connectivity index (χ0) is 13.8. The Balaban J connectivity index is 2.33. The normalized spacial score (nSPS) is 14.1. The van der Waals surface area contributed by atoms with Gasteiger partial charge in [0.1, 0.15) is 0 Å². The molecule has 0 spiro atoms. The maximum absolute atomic E-state index is 6.52. The number of nitrogens with two attached hydrogens (primary N) is 1. The monoisotopic (exact) mass is 253 g/mol. The van der Waals surface area contributed by atoms with Crippen molar-refractivity contribution in [2.45, 2.75) is 39.2 Å². The number of rotatable bonds is 4. The Morgan fingerprint density at radius 3 is 2.00 bits per heavy atom. The SMILES string of the molecule is CCC(c1ccccc1)C(N)c1cc(C)cc(C)c1. The van der Waals surface area contributed by atoms with Crippen molar-refractivity contribution in [3.05, 3.63) is 70.8 Å². The van der Waals surface area contributed by atoms with E-state index in [0.717, 1.165) is 6.42 Å². The van der Waals surface area contributed by atoms with Gasteiger partial charge in [-0.2, -0.15) is 0 Å². The Kier molecular flexibility index (Phi) is 4.39. The second-order valence-electron chi connectivity index (χ2n) is 5.37. The summed E-state index contributed by atoms with van der Waals surface area (Å²) in [5.74, 6) is 0.377. The Hall–Kier alpha value is -1.60. The lowest BCUT2D eigenvalue weighted by atomic mass is 9.85. The third-order valence-electron chi connectivity index (χ3n) is 3.73. The molecule has 0 bridgehead atoms. The maximum atomic E-state index is 6.52. The van der Waals surface area contributed by atoms with Crippen molar-refractivity contribution in [2.24, 2.45) is 5.73 Å². The van der Waals surface area contributed by atoms with Gasteiger partial charge in [-0.25, -0.2) is 0 Å². The van der Waals surface area contributed by atoms with Gasteiger partial charge >= 0.3 is 0 Å². The van der Waals surface area contributed by atoms with Crippen LogP contribution in [0, 0.1) is 13.8 Å². The van der Waals surface area contributed by atoms with Crippen LogP contribution in [-0.2, 0) is 0 Å². The van der Waals surface area contributed by atoms with Crippen molar-refractivity contribution in [3.63, 3.8) is 0 Å². The van der Waals surface area contributed by atoms with Crippen molar-refractivity contribution >= 4 is 0 Å². The lowest BCUT2D eigenvalue weighted by molar-refractivity contribution is 0.539. The largest absolute Gasteiger partial charge is 0.323 e. The summed E-state index contributed by atoms with van der Waals surface area (Å²) in [5.41, 5.74) is 11.7. The van der Waals surface area contributed by atoms with Crippen LogP contribution in [0.2, 0.25) is 0 Å². The molecule has 0 heterocycles. The molecule has 2 N–H and O–H groups in total. The van der Waals surface area contributed by atoms with E-state index < -0.39 is 0 Å². The van der Waals surface area contributed by atoms with Gasteiger partial charge in [0.15, 0.2) is 0 Å². The summed E-state index contributed by atoms with van der Waals surface area (Å²) < 4.78 is 0. The van der Waals surface area contributed by atoms with Gasteiger partial charge in [-0.1, -0.05) is 66.6 Å². The maximum Gasteiger partial charge on any atom is 0.0364 e. The Bertz CT molecular complexity index is 510. The zero-order valence-corrected chi connectivity index (χ0v) is 12.1. The standard InChI is InChI=1S/C18H23N/c1-4-17(15-8-6-5-7-9-15)18(19)16-11-13(2)10-14(3)12-16/h5-12,17-18H,4,19H2,1-3H3. The van der Waals surface area contributed by atoms with Gasteiger partial charge in [-0.05, 0) is 31.4 Å². The minimum atomic E-state index is 0.0611. The summed E-state index contributed by atoms with van der Waals surface area (Å²) in [5, 5.41) is 0. The first-order valence-electron chi connectivity index (χ1n) is 7.00. The summed E-state index contributed by atoms with van der Waals surface area (Å²) in [6, 6.07) is 17.3. The summed E-state index contributed by atoms with van der Waals surface area (Å²) in [4.78, 5) is 0. The predicted molar refractivity (Wildman–Crippen MR) is 82.3 cm³/mol. The molecule has 1 nitrogen and oxygen atoms in total. The summed E-state index contributed by atoms with van der Waals surface area (Å²) >= 11 is 0. The fraction of sp³-hybridized carbons (Fsp3) is 0.333. The molecule has 2 aromatic rings. The first kappa shape index (κ1) is 13.8. The van der Waals surface area contributed by atoms with Crippen molar-refractivity contribution in [1.82, 2.24) is 0 Å². The van der Waals surface area contributed by atoms with E-state index in [1.54, 1.807) is 0 Å². The van der Waals surface area contributed by atoms with Gasteiger partial charge in [0.2, 0.25) is 0 Å². The molecule has 2 aromatic carbocycles.